The molecule has 0 radical (unpaired) electrons. The highest BCUT2D eigenvalue weighted by molar-refractivity contribution is 6.90. The second kappa shape index (κ2) is 28.7. The van der Waals surface area contributed by atoms with Gasteiger partial charge in [0, 0.05) is 67.3 Å². The molecule has 0 saturated carbocycles. The summed E-state index contributed by atoms with van der Waals surface area (Å²) in [5.74, 6) is 1.25. The van der Waals surface area contributed by atoms with E-state index in [9.17, 15) is 0 Å². The Hall–Kier alpha value is -5.65. The molecule has 0 atom stereocenters. The van der Waals surface area contributed by atoms with E-state index in [-0.39, 0.29) is 5.41 Å². The second-order valence-corrected chi connectivity index (χ2v) is 52.2. The lowest BCUT2D eigenvalue weighted by Crippen LogP contribution is -2.46. The quantitative estimate of drug-likeness (QED) is 0.0906. The predicted molar refractivity (Wildman–Crippen MR) is 398 cm³/mol. The van der Waals surface area contributed by atoms with Crippen LogP contribution in [0.15, 0.2) is 122 Å². The predicted octanol–water partition coefficient (Wildman–Crippen LogP) is 17.3. The number of hydrogen-bond donors (Lipinski definition) is 0. The smallest absolute Gasteiger partial charge is 0.201 e. The standard InChI is InChI=1S/2C21H32NSi.C20H30NSi.C18H26NSi/c1-15-10-11-17(21(3,4)5)13-18(15)19-12-16(2)20(14-22(19)6)23(7,8)9;1-15(2)11-18-10-9-16(3)19(13-18)20-12-17(4)21(14-22(20)5)23(6,7)8;1-14(2)17-10-9-15(3)18(12-17)19-11-16(4)20(13-21(19)5)22(6,7)8;1-13-8-9-14(2)16(10-13)17-11-15(3)18(12-19(17)4)20(5,6)7/h10-14H,1-9H3;9-10,12-15H,11H2,1-8H3;9-14H,1-8H3;8-12H,1-7H3/q4*+1. The number of aryl methyl sites for hydroxylation is 13. The third kappa shape index (κ3) is 18.7. The van der Waals surface area contributed by atoms with Crippen molar-refractivity contribution in [1.29, 1.82) is 0 Å². The van der Waals surface area contributed by atoms with Crippen LogP contribution < -0.4 is 39.0 Å². The van der Waals surface area contributed by atoms with Crippen molar-refractivity contribution in [2.45, 2.75) is 207 Å². The van der Waals surface area contributed by atoms with Crippen molar-refractivity contribution in [3.05, 3.63) is 189 Å². The molecular weight excluding hydrogens is 1130 g/mol. The van der Waals surface area contributed by atoms with E-state index in [1.807, 2.05) is 0 Å². The first kappa shape index (κ1) is 73.1. The molecule has 0 aliphatic carbocycles. The van der Waals surface area contributed by atoms with Crippen LogP contribution in [0.3, 0.4) is 0 Å². The Morgan fingerprint density at radius 3 is 0.955 bits per heavy atom. The summed E-state index contributed by atoms with van der Waals surface area (Å²) in [7, 11) is 3.53. The molecule has 4 heterocycles. The van der Waals surface area contributed by atoms with E-state index in [2.05, 4.69) is 358 Å². The van der Waals surface area contributed by atoms with Crippen molar-refractivity contribution in [3.63, 3.8) is 0 Å². The number of rotatable bonds is 11. The molecule has 0 amide bonds. The van der Waals surface area contributed by atoms with Crippen molar-refractivity contribution < 1.29 is 18.3 Å². The van der Waals surface area contributed by atoms with Gasteiger partial charge in [0.25, 0.3) is 0 Å². The summed E-state index contributed by atoms with van der Waals surface area (Å²) in [6.45, 7) is 64.9. The molecule has 0 bridgehead atoms. The monoisotopic (exact) mass is 1250 g/mol. The number of nitrogens with zero attached hydrogens (tertiary/aromatic N) is 4. The number of pyridine rings is 4. The molecule has 0 aliphatic heterocycles. The first-order valence-electron chi connectivity index (χ1n) is 32.7. The lowest BCUT2D eigenvalue weighted by molar-refractivity contribution is -0.659. The minimum absolute atomic E-state index is 0.175. The molecule has 0 saturated heterocycles. The maximum atomic E-state index is 2.42. The topological polar surface area (TPSA) is 15.5 Å². The van der Waals surface area contributed by atoms with Crippen LogP contribution in [0.25, 0.3) is 45.0 Å². The van der Waals surface area contributed by atoms with Gasteiger partial charge in [-0.05, 0) is 171 Å². The molecule has 0 spiro atoms. The number of aromatic nitrogens is 4. The summed E-state index contributed by atoms with van der Waals surface area (Å²) in [5, 5.41) is 6.21. The maximum Gasteiger partial charge on any atom is 0.212 e. The van der Waals surface area contributed by atoms with E-state index in [0.29, 0.717) is 11.8 Å². The normalized spacial score (nSPS) is 12.1. The summed E-state index contributed by atoms with van der Waals surface area (Å²) in [6, 6.07) is 36.9. The second-order valence-electron chi connectivity index (χ2n) is 32.0. The fourth-order valence-corrected chi connectivity index (χ4v) is 19.7. The van der Waals surface area contributed by atoms with E-state index in [1.54, 1.807) is 20.7 Å². The van der Waals surface area contributed by atoms with Gasteiger partial charge in [0.15, 0.2) is 24.8 Å². The summed E-state index contributed by atoms with van der Waals surface area (Å²) in [5.41, 5.74) is 27.5. The lowest BCUT2D eigenvalue weighted by Gasteiger charge is -2.21. The van der Waals surface area contributed by atoms with Gasteiger partial charge in [-0.15, -0.1) is 0 Å². The van der Waals surface area contributed by atoms with Gasteiger partial charge in [0.1, 0.15) is 28.2 Å². The number of hydrogen-bond acceptors (Lipinski definition) is 0. The molecule has 472 valence electrons. The van der Waals surface area contributed by atoms with Gasteiger partial charge in [-0.2, -0.15) is 0 Å². The first-order chi connectivity index (χ1) is 40.3. The molecule has 88 heavy (non-hydrogen) atoms. The molecule has 4 nitrogen and oxygen atoms in total. The third-order valence-corrected chi connectivity index (χ3v) is 26.2. The SMILES string of the molecule is Cc1ccc(C(C)(C)C)cc1-c1cc(C)c([Si](C)(C)C)c[n+]1C.Cc1ccc(C(C)C)cc1-c1cc(C)c([Si](C)(C)C)c[n+]1C.Cc1ccc(C)c(-c2cc(C)c([Si](C)(C)C)c[n+]2C)c1.Cc1ccc(CC(C)C)cc1-c1cc(C)c([Si](C)(C)C)c[n+]1C. The van der Waals surface area contributed by atoms with E-state index in [1.165, 1.54) is 112 Å². The summed E-state index contributed by atoms with van der Waals surface area (Å²) >= 11 is 0. The van der Waals surface area contributed by atoms with Crippen LogP contribution in [0.5, 0.6) is 0 Å². The van der Waals surface area contributed by atoms with Crippen LogP contribution in [0, 0.1) is 68.2 Å². The molecule has 0 N–H and O–H groups in total. The minimum Gasteiger partial charge on any atom is -0.201 e. The molecule has 8 rings (SSSR count). The molecule has 0 aliphatic rings. The molecule has 8 heteroatoms. The first-order valence-corrected chi connectivity index (χ1v) is 46.7. The Labute approximate surface area is 542 Å². The molecule has 8 aromatic rings. The highest BCUT2D eigenvalue weighted by Gasteiger charge is 2.29. The molecular formula is C80H120N4Si4+4. The van der Waals surface area contributed by atoms with E-state index in [0.717, 1.165) is 6.42 Å². The van der Waals surface area contributed by atoms with Gasteiger partial charge in [0.05, 0.1) is 32.3 Å². The molecule has 0 unspecified atom stereocenters. The van der Waals surface area contributed by atoms with Crippen LogP contribution in [-0.4, -0.2) is 32.3 Å². The van der Waals surface area contributed by atoms with Gasteiger partial charge in [0.2, 0.25) is 22.8 Å². The zero-order valence-corrected chi connectivity index (χ0v) is 65.7. The Bertz CT molecular complexity index is 3770. The number of benzene rings is 4. The van der Waals surface area contributed by atoms with Gasteiger partial charge in [-0.1, -0.05) is 181 Å². The van der Waals surface area contributed by atoms with E-state index >= 15 is 0 Å². The zero-order chi connectivity index (χ0) is 66.7. The van der Waals surface area contributed by atoms with Crippen molar-refractivity contribution in [2.24, 2.45) is 34.1 Å². The third-order valence-electron chi connectivity index (χ3n) is 17.6. The van der Waals surface area contributed by atoms with Crippen molar-refractivity contribution in [2.75, 3.05) is 0 Å². The largest absolute Gasteiger partial charge is 0.212 e. The average Bonchev–Trinajstić information content (AvgIpc) is 1.14. The highest BCUT2D eigenvalue weighted by atomic mass is 28.3. The fourth-order valence-electron chi connectivity index (χ4n) is 12.4. The van der Waals surface area contributed by atoms with Crippen molar-refractivity contribution >= 4 is 53.0 Å². The Kier molecular flexibility index (Phi) is 23.8. The van der Waals surface area contributed by atoms with E-state index in [4.69, 9.17) is 0 Å². The Morgan fingerprint density at radius 2 is 0.636 bits per heavy atom. The minimum atomic E-state index is -1.31. The van der Waals surface area contributed by atoms with Crippen molar-refractivity contribution in [3.8, 4) is 45.0 Å². The molecule has 4 aromatic carbocycles. The average molecular weight is 1250 g/mol. The zero-order valence-electron chi connectivity index (χ0n) is 61.7. The molecule has 0 fully saturated rings. The highest BCUT2D eigenvalue weighted by Crippen LogP contribution is 2.31. The summed E-state index contributed by atoms with van der Waals surface area (Å²) < 4.78 is 9.24. The van der Waals surface area contributed by atoms with Crippen LogP contribution in [0.1, 0.15) is 121 Å². The van der Waals surface area contributed by atoms with Gasteiger partial charge in [-0.25, -0.2) is 18.3 Å². The molecule has 4 aromatic heterocycles. The Balaban J connectivity index is 0.000000214. The van der Waals surface area contributed by atoms with Gasteiger partial charge >= 0.3 is 0 Å². The summed E-state index contributed by atoms with van der Waals surface area (Å²) in [6.07, 6.45) is 10.6. The maximum absolute atomic E-state index is 2.42. The lowest BCUT2D eigenvalue weighted by atomic mass is 9.85. The van der Waals surface area contributed by atoms with Crippen LogP contribution in [-0.2, 0) is 40.0 Å². The van der Waals surface area contributed by atoms with Crippen LogP contribution in [0.4, 0.5) is 0 Å². The Morgan fingerprint density at radius 1 is 0.341 bits per heavy atom. The van der Waals surface area contributed by atoms with Gasteiger partial charge < -0.3 is 0 Å². The van der Waals surface area contributed by atoms with Gasteiger partial charge in [-0.3, -0.25) is 0 Å². The fraction of sp³-hybridized carbons (Fsp3) is 0.450. The van der Waals surface area contributed by atoms with Crippen LogP contribution in [0.2, 0.25) is 78.6 Å². The van der Waals surface area contributed by atoms with Crippen molar-refractivity contribution in [1.82, 2.24) is 0 Å². The van der Waals surface area contributed by atoms with Crippen LogP contribution >= 0.6 is 0 Å². The summed E-state index contributed by atoms with van der Waals surface area (Å²) in [4.78, 5) is 0. The van der Waals surface area contributed by atoms with E-state index < -0.39 is 32.3 Å².